The number of aryl methyl sites for hydroxylation is 1. The fourth-order valence-corrected chi connectivity index (χ4v) is 2.34. The molecule has 1 aliphatic carbocycles. The maximum Gasteiger partial charge on any atom is 0.223 e. The number of hydrogen-bond donors (Lipinski definition) is 1. The van der Waals surface area contributed by atoms with Gasteiger partial charge in [-0.3, -0.25) is 9.59 Å². The first-order valence-corrected chi connectivity index (χ1v) is 6.02. The molecule has 2 rings (SSSR count). The summed E-state index contributed by atoms with van der Waals surface area (Å²) in [5, 5.41) is 2.62. The first kappa shape index (κ1) is 11.8. The predicted molar refractivity (Wildman–Crippen MR) is 66.0 cm³/mol. The third-order valence-corrected chi connectivity index (χ3v) is 3.40. The molecule has 0 bridgehead atoms. The zero-order valence-corrected chi connectivity index (χ0v) is 10.2. The lowest BCUT2D eigenvalue weighted by atomic mass is 9.81. The maximum absolute atomic E-state index is 12.0. The van der Waals surface area contributed by atoms with E-state index in [9.17, 15) is 9.59 Å². The van der Waals surface area contributed by atoms with E-state index >= 15 is 0 Å². The maximum atomic E-state index is 12.0. The Morgan fingerprint density at radius 3 is 2.82 bits per heavy atom. The number of carbonyl (C=O) groups is 2. The van der Waals surface area contributed by atoms with E-state index in [1.807, 2.05) is 18.2 Å². The molecule has 1 aliphatic rings. The van der Waals surface area contributed by atoms with Crippen molar-refractivity contribution in [1.82, 2.24) is 5.32 Å². The van der Waals surface area contributed by atoms with E-state index in [-0.39, 0.29) is 17.6 Å². The third kappa shape index (κ3) is 2.23. The van der Waals surface area contributed by atoms with Gasteiger partial charge in [0, 0.05) is 24.9 Å². The average molecular weight is 231 g/mol. The van der Waals surface area contributed by atoms with Gasteiger partial charge in [-0.25, -0.2) is 0 Å². The Labute approximate surface area is 101 Å². The number of amides is 1. The van der Waals surface area contributed by atoms with Gasteiger partial charge in [-0.05, 0) is 30.0 Å². The van der Waals surface area contributed by atoms with Crippen LogP contribution in [0, 0.1) is 5.92 Å². The normalized spacial score (nSPS) is 18.7. The monoisotopic (exact) mass is 231 g/mol. The highest BCUT2D eigenvalue weighted by molar-refractivity contribution is 6.01. The fraction of sp³-hybridized carbons (Fsp3) is 0.429. The summed E-state index contributed by atoms with van der Waals surface area (Å²) in [6.45, 7) is 2.07. The van der Waals surface area contributed by atoms with Crippen LogP contribution in [0.3, 0.4) is 0 Å². The molecule has 0 saturated heterocycles. The van der Waals surface area contributed by atoms with Crippen molar-refractivity contribution in [3.63, 3.8) is 0 Å². The molecule has 1 amide bonds. The minimum atomic E-state index is -0.201. The number of fused-ring (bicyclic) bond motifs is 1. The summed E-state index contributed by atoms with van der Waals surface area (Å²) in [4.78, 5) is 23.6. The quantitative estimate of drug-likeness (QED) is 0.842. The Bertz CT molecular complexity index is 465. The van der Waals surface area contributed by atoms with Crippen LogP contribution in [-0.2, 0) is 17.6 Å². The number of ketones is 1. The third-order valence-electron chi connectivity index (χ3n) is 3.40. The Morgan fingerprint density at radius 1 is 1.41 bits per heavy atom. The molecule has 3 heteroatoms. The van der Waals surface area contributed by atoms with Gasteiger partial charge >= 0.3 is 0 Å². The van der Waals surface area contributed by atoms with Crippen LogP contribution in [0.15, 0.2) is 18.2 Å². The topological polar surface area (TPSA) is 46.2 Å². The number of hydrogen-bond acceptors (Lipinski definition) is 2. The van der Waals surface area contributed by atoms with Crippen molar-refractivity contribution < 1.29 is 9.59 Å². The molecule has 3 nitrogen and oxygen atoms in total. The molecule has 1 unspecified atom stereocenters. The van der Waals surface area contributed by atoms with Crippen molar-refractivity contribution in [3.05, 3.63) is 34.9 Å². The molecule has 1 atom stereocenters. The van der Waals surface area contributed by atoms with Crippen LogP contribution in [0.5, 0.6) is 0 Å². The molecule has 17 heavy (non-hydrogen) atoms. The van der Waals surface area contributed by atoms with E-state index in [1.165, 1.54) is 5.56 Å². The Kier molecular flexibility index (Phi) is 3.27. The second-order valence-corrected chi connectivity index (χ2v) is 4.49. The molecule has 1 aromatic rings. The van der Waals surface area contributed by atoms with Crippen LogP contribution in [0.25, 0.3) is 0 Å². The van der Waals surface area contributed by atoms with E-state index in [0.29, 0.717) is 12.8 Å². The van der Waals surface area contributed by atoms with Crippen LogP contribution >= 0.6 is 0 Å². The largest absolute Gasteiger partial charge is 0.359 e. The smallest absolute Gasteiger partial charge is 0.223 e. The summed E-state index contributed by atoms with van der Waals surface area (Å²) in [5.74, 6) is -0.147. The van der Waals surface area contributed by atoms with E-state index < -0.39 is 0 Å². The highest BCUT2D eigenvalue weighted by atomic mass is 16.2. The van der Waals surface area contributed by atoms with Crippen molar-refractivity contribution in [2.75, 3.05) is 7.05 Å². The second-order valence-electron chi connectivity index (χ2n) is 4.49. The summed E-state index contributed by atoms with van der Waals surface area (Å²) >= 11 is 0. The average Bonchev–Trinajstić information content (AvgIpc) is 2.37. The molecule has 0 aromatic heterocycles. The number of rotatable bonds is 2. The number of Topliss-reactive ketones (excluding diaryl/α,β-unsaturated/α-hetero) is 1. The van der Waals surface area contributed by atoms with Crippen molar-refractivity contribution >= 4 is 11.7 Å². The fourth-order valence-electron chi connectivity index (χ4n) is 2.34. The van der Waals surface area contributed by atoms with E-state index in [4.69, 9.17) is 0 Å². The molecule has 0 heterocycles. The van der Waals surface area contributed by atoms with Gasteiger partial charge in [0.2, 0.25) is 5.91 Å². The van der Waals surface area contributed by atoms with Gasteiger partial charge in [-0.15, -0.1) is 0 Å². The highest BCUT2D eigenvalue weighted by Gasteiger charge is 2.29. The Hall–Kier alpha value is -1.64. The molecule has 1 aromatic carbocycles. The van der Waals surface area contributed by atoms with Crippen LogP contribution in [0.4, 0.5) is 0 Å². The van der Waals surface area contributed by atoms with Crippen molar-refractivity contribution in [2.45, 2.75) is 26.2 Å². The zero-order chi connectivity index (χ0) is 12.4. The first-order valence-electron chi connectivity index (χ1n) is 6.02. The Morgan fingerprint density at radius 2 is 2.18 bits per heavy atom. The van der Waals surface area contributed by atoms with Gasteiger partial charge in [-0.2, -0.15) is 0 Å². The molecular formula is C14H17NO2. The molecule has 90 valence electrons. The van der Waals surface area contributed by atoms with Crippen LogP contribution in [-0.4, -0.2) is 18.7 Å². The minimum Gasteiger partial charge on any atom is -0.359 e. The standard InChI is InChI=1S/C14H17NO2/c1-3-9-4-5-10-7-11(14(17)15-2)8-13(16)12(10)6-9/h4-6,11H,3,7-8H2,1-2H3,(H,15,17). The van der Waals surface area contributed by atoms with Crippen molar-refractivity contribution in [2.24, 2.45) is 5.92 Å². The summed E-state index contributed by atoms with van der Waals surface area (Å²) in [7, 11) is 1.61. The lowest BCUT2D eigenvalue weighted by molar-refractivity contribution is -0.124. The molecule has 0 aliphatic heterocycles. The predicted octanol–water partition coefficient (Wildman–Crippen LogP) is 1.74. The van der Waals surface area contributed by atoms with Gasteiger partial charge in [0.05, 0.1) is 0 Å². The molecule has 0 fully saturated rings. The number of carbonyl (C=O) groups excluding carboxylic acids is 2. The summed E-state index contributed by atoms with van der Waals surface area (Å²) in [6.07, 6.45) is 1.93. The zero-order valence-electron chi connectivity index (χ0n) is 10.2. The molecule has 0 radical (unpaired) electrons. The number of benzene rings is 1. The van der Waals surface area contributed by atoms with Crippen molar-refractivity contribution in [1.29, 1.82) is 0 Å². The van der Waals surface area contributed by atoms with Crippen molar-refractivity contribution in [3.8, 4) is 0 Å². The van der Waals surface area contributed by atoms with Crippen LogP contribution in [0.1, 0.15) is 34.8 Å². The first-order chi connectivity index (χ1) is 8.15. The van der Waals surface area contributed by atoms with E-state index in [1.54, 1.807) is 7.05 Å². The van der Waals surface area contributed by atoms with Gasteiger partial charge in [0.25, 0.3) is 0 Å². The summed E-state index contributed by atoms with van der Waals surface area (Å²) in [5.41, 5.74) is 2.99. The van der Waals surface area contributed by atoms with Gasteiger partial charge in [0.15, 0.2) is 5.78 Å². The Balaban J connectivity index is 2.32. The van der Waals surface area contributed by atoms with Crippen LogP contribution in [0.2, 0.25) is 0 Å². The van der Waals surface area contributed by atoms with Gasteiger partial charge in [0.1, 0.15) is 0 Å². The van der Waals surface area contributed by atoms with Gasteiger partial charge < -0.3 is 5.32 Å². The van der Waals surface area contributed by atoms with E-state index in [2.05, 4.69) is 12.2 Å². The molecular weight excluding hydrogens is 214 g/mol. The van der Waals surface area contributed by atoms with E-state index in [0.717, 1.165) is 17.5 Å². The SMILES string of the molecule is CCc1ccc2c(c1)C(=O)CC(C(=O)NC)C2. The summed E-state index contributed by atoms with van der Waals surface area (Å²) < 4.78 is 0. The molecule has 1 N–H and O–H groups in total. The molecule has 0 spiro atoms. The highest BCUT2D eigenvalue weighted by Crippen LogP contribution is 2.26. The van der Waals surface area contributed by atoms with Gasteiger partial charge in [-0.1, -0.05) is 19.1 Å². The lowest BCUT2D eigenvalue weighted by Crippen LogP contribution is -2.33. The minimum absolute atomic E-state index is 0.0384. The summed E-state index contributed by atoms with van der Waals surface area (Å²) in [6, 6.07) is 6.00. The molecule has 0 saturated carbocycles. The number of nitrogens with one attached hydrogen (secondary N) is 1. The van der Waals surface area contributed by atoms with Crippen LogP contribution < -0.4 is 5.32 Å². The lowest BCUT2D eigenvalue weighted by Gasteiger charge is -2.22. The second kappa shape index (κ2) is 4.70.